The van der Waals surface area contributed by atoms with Gasteiger partial charge in [0.15, 0.2) is 0 Å². The molecule has 198 valence electrons. The van der Waals surface area contributed by atoms with Crippen LogP contribution in [0, 0.1) is 26.7 Å². The van der Waals surface area contributed by atoms with Crippen LogP contribution in [-0.2, 0) is 19.2 Å². The number of hydrogen-bond acceptors (Lipinski definition) is 10. The quantitative estimate of drug-likeness (QED) is 0.251. The number of aryl methyl sites for hydroxylation is 3. The molecule has 35 heavy (non-hydrogen) atoms. The smallest absolute Gasteiger partial charge is 0.300 e. The van der Waals surface area contributed by atoms with Crippen molar-refractivity contribution in [3.8, 4) is 0 Å². The van der Waals surface area contributed by atoms with E-state index in [2.05, 4.69) is 5.32 Å². The van der Waals surface area contributed by atoms with Crippen molar-refractivity contribution in [2.45, 2.75) is 41.5 Å². The van der Waals surface area contributed by atoms with Crippen molar-refractivity contribution < 1.29 is 34.5 Å². The van der Waals surface area contributed by atoms with E-state index in [0.717, 1.165) is 37.5 Å². The van der Waals surface area contributed by atoms with Crippen LogP contribution >= 0.6 is 0 Å². The third-order valence-corrected chi connectivity index (χ3v) is 3.48. The maximum atomic E-state index is 12.6. The summed E-state index contributed by atoms with van der Waals surface area (Å²) in [5.74, 6) is -4.60. The molecule has 14 heteroatoms. The van der Waals surface area contributed by atoms with Gasteiger partial charge in [-0.1, -0.05) is 17.7 Å². The molecule has 1 amide bonds. The van der Waals surface area contributed by atoms with E-state index in [4.69, 9.17) is 64.1 Å². The highest BCUT2D eigenvalue weighted by molar-refractivity contribution is 5.97. The van der Waals surface area contributed by atoms with Crippen molar-refractivity contribution in [1.82, 2.24) is 0 Å². The maximum Gasteiger partial charge on any atom is 0.300 e. The molecule has 0 saturated heterocycles. The Kier molecular flexibility index (Phi) is 16.9. The number of carboxylic acids is 3. The number of anilines is 1. The van der Waals surface area contributed by atoms with Gasteiger partial charge in [0.1, 0.15) is 17.6 Å². The predicted molar refractivity (Wildman–Crippen MR) is 132 cm³/mol. The van der Waals surface area contributed by atoms with Crippen LogP contribution in [-0.4, -0.2) is 39.1 Å². The molecule has 0 aliphatic rings. The summed E-state index contributed by atoms with van der Waals surface area (Å²) in [7, 11) is 0. The van der Waals surface area contributed by atoms with E-state index in [9.17, 15) is 4.79 Å². The third kappa shape index (κ3) is 17.6. The van der Waals surface area contributed by atoms with Crippen LogP contribution < -0.4 is 39.7 Å². The fourth-order valence-corrected chi connectivity index (χ4v) is 2.36. The van der Waals surface area contributed by atoms with Gasteiger partial charge in [-0.3, -0.25) is 19.2 Å². The molecule has 0 bridgehead atoms. The largest absolute Gasteiger partial charge is 0.481 e. The highest BCUT2D eigenvalue weighted by Crippen LogP contribution is 2.24. The third-order valence-electron chi connectivity index (χ3n) is 3.48. The second kappa shape index (κ2) is 16.9. The lowest BCUT2D eigenvalue weighted by atomic mass is 9.98. The standard InChI is InChI=1S/C15H25N7O.3C2H4O2/c1-6-4-7(2)12(8(3)5-6)22-15(23)9(10(16)13(18)19)11(17)14(20)21;3*1-2(3)4/h4-5,9H,16-21H2,1-3H3,(H,22,23);3*1H3,(H,3,4). The molecule has 0 spiro atoms. The molecular weight excluding hydrogens is 462 g/mol. The minimum absolute atomic E-state index is 0.101. The molecule has 1 aromatic carbocycles. The lowest BCUT2D eigenvalue weighted by Gasteiger charge is -2.21. The number of carbonyl (C=O) groups excluding carboxylic acids is 1. The first-order valence-electron chi connectivity index (χ1n) is 9.74. The Morgan fingerprint density at radius 1 is 0.686 bits per heavy atom. The summed E-state index contributed by atoms with van der Waals surface area (Å²) in [6, 6.07) is 3.90. The molecule has 0 heterocycles. The predicted octanol–water partition coefficient (Wildman–Crippen LogP) is -0.470. The molecular formula is C21H37N7O7. The molecule has 0 unspecified atom stereocenters. The van der Waals surface area contributed by atoms with E-state index in [0.29, 0.717) is 5.69 Å². The number of rotatable bonds is 4. The number of nitrogens with one attached hydrogen (secondary N) is 1. The van der Waals surface area contributed by atoms with E-state index in [1.54, 1.807) is 0 Å². The molecule has 0 radical (unpaired) electrons. The van der Waals surface area contributed by atoms with Gasteiger partial charge in [0.05, 0.1) is 11.4 Å². The Labute approximate surface area is 203 Å². The van der Waals surface area contributed by atoms with Crippen molar-refractivity contribution in [2.24, 2.45) is 40.3 Å². The summed E-state index contributed by atoms with van der Waals surface area (Å²) in [6.45, 7) is 9.00. The van der Waals surface area contributed by atoms with Gasteiger partial charge in [0, 0.05) is 26.5 Å². The molecule has 0 aliphatic carbocycles. The summed E-state index contributed by atoms with van der Waals surface area (Å²) < 4.78 is 0. The van der Waals surface area contributed by atoms with E-state index in [1.807, 2.05) is 32.9 Å². The summed E-state index contributed by atoms with van der Waals surface area (Å²) in [6.07, 6.45) is 0. The SMILES string of the molecule is CC(=O)O.CC(=O)O.CC(=O)O.Cc1cc(C)c(NC(=O)C(C(N)=C(N)N)C(N)=C(N)N)c(C)c1. The Morgan fingerprint density at radius 3 is 1.17 bits per heavy atom. The molecule has 1 aromatic rings. The van der Waals surface area contributed by atoms with Gasteiger partial charge < -0.3 is 55.0 Å². The zero-order valence-electron chi connectivity index (χ0n) is 20.7. The second-order valence-electron chi connectivity index (χ2n) is 7.07. The zero-order valence-corrected chi connectivity index (χ0v) is 20.7. The first kappa shape index (κ1) is 35.0. The second-order valence-corrected chi connectivity index (χ2v) is 7.07. The van der Waals surface area contributed by atoms with Crippen LogP contribution in [0.15, 0.2) is 35.2 Å². The average Bonchev–Trinajstić information content (AvgIpc) is 2.63. The lowest BCUT2D eigenvalue weighted by molar-refractivity contribution is -0.135. The molecule has 0 aliphatic heterocycles. The summed E-state index contributed by atoms with van der Waals surface area (Å²) in [5, 5.41) is 25.0. The molecule has 0 aromatic heterocycles. The summed E-state index contributed by atoms with van der Waals surface area (Å²) in [5.41, 5.74) is 36.9. The Bertz CT molecular complexity index is 877. The van der Waals surface area contributed by atoms with Crippen LogP contribution in [0.25, 0.3) is 0 Å². The van der Waals surface area contributed by atoms with Gasteiger partial charge in [-0.15, -0.1) is 0 Å². The normalized spacial score (nSPS) is 8.89. The highest BCUT2D eigenvalue weighted by Gasteiger charge is 2.28. The monoisotopic (exact) mass is 499 g/mol. The minimum atomic E-state index is -1.15. The number of aliphatic carboxylic acids is 3. The zero-order chi connectivity index (χ0) is 28.6. The molecule has 14 nitrogen and oxygen atoms in total. The van der Waals surface area contributed by atoms with Gasteiger partial charge in [0.25, 0.3) is 17.9 Å². The van der Waals surface area contributed by atoms with Crippen LogP contribution in [0.3, 0.4) is 0 Å². The summed E-state index contributed by atoms with van der Waals surface area (Å²) >= 11 is 0. The van der Waals surface area contributed by atoms with Crippen LogP contribution in [0.2, 0.25) is 0 Å². The number of benzene rings is 1. The van der Waals surface area contributed by atoms with E-state index >= 15 is 0 Å². The molecule has 16 N–H and O–H groups in total. The number of carbonyl (C=O) groups is 4. The van der Waals surface area contributed by atoms with Crippen LogP contribution in [0.5, 0.6) is 0 Å². The van der Waals surface area contributed by atoms with Crippen molar-refractivity contribution >= 4 is 29.5 Å². The van der Waals surface area contributed by atoms with E-state index in [-0.39, 0.29) is 23.0 Å². The lowest BCUT2D eigenvalue weighted by Crippen LogP contribution is -2.38. The van der Waals surface area contributed by atoms with Crippen molar-refractivity contribution in [1.29, 1.82) is 0 Å². The Hall–Kier alpha value is -4.62. The first-order chi connectivity index (χ1) is 15.8. The fraction of sp³-hybridized carbons (Fsp3) is 0.333. The number of nitrogens with two attached hydrogens (primary N) is 6. The minimum Gasteiger partial charge on any atom is -0.481 e. The Balaban J connectivity index is -0.000000706. The molecule has 1 rings (SSSR count). The summed E-state index contributed by atoms with van der Waals surface area (Å²) in [4.78, 5) is 39.6. The van der Waals surface area contributed by atoms with E-state index in [1.165, 1.54) is 0 Å². The van der Waals surface area contributed by atoms with E-state index < -0.39 is 29.7 Å². The highest BCUT2D eigenvalue weighted by atomic mass is 16.4. The Morgan fingerprint density at radius 2 is 0.943 bits per heavy atom. The van der Waals surface area contributed by atoms with Gasteiger partial charge in [0.2, 0.25) is 5.91 Å². The van der Waals surface area contributed by atoms with Crippen LogP contribution in [0.1, 0.15) is 37.5 Å². The van der Waals surface area contributed by atoms with Gasteiger partial charge in [-0.05, 0) is 31.9 Å². The van der Waals surface area contributed by atoms with Crippen LogP contribution in [0.4, 0.5) is 5.69 Å². The maximum absolute atomic E-state index is 12.6. The van der Waals surface area contributed by atoms with Gasteiger partial charge in [-0.2, -0.15) is 0 Å². The van der Waals surface area contributed by atoms with Crippen molar-refractivity contribution in [2.75, 3.05) is 5.32 Å². The average molecular weight is 500 g/mol. The van der Waals surface area contributed by atoms with Crippen molar-refractivity contribution in [3.63, 3.8) is 0 Å². The molecule has 0 atom stereocenters. The topological polar surface area (TPSA) is 297 Å². The number of carboxylic acid groups (broad SMARTS) is 3. The fourth-order valence-electron chi connectivity index (χ4n) is 2.36. The number of hydrogen-bond donors (Lipinski definition) is 10. The van der Waals surface area contributed by atoms with Gasteiger partial charge >= 0.3 is 0 Å². The first-order valence-corrected chi connectivity index (χ1v) is 9.74. The molecule has 0 fully saturated rings. The van der Waals surface area contributed by atoms with Gasteiger partial charge in [-0.25, -0.2) is 0 Å². The number of amides is 1. The molecule has 0 saturated carbocycles. The van der Waals surface area contributed by atoms with Crippen molar-refractivity contribution in [3.05, 3.63) is 51.9 Å².